The third kappa shape index (κ3) is 2.47. The summed E-state index contributed by atoms with van der Waals surface area (Å²) >= 11 is 0. The molecule has 0 aromatic heterocycles. The number of carbonyl (C=O) groups excluding carboxylic acids is 1. The van der Waals surface area contributed by atoms with Crippen LogP contribution in [-0.2, 0) is 4.79 Å². The summed E-state index contributed by atoms with van der Waals surface area (Å²) in [6.07, 6.45) is 1.13. The number of hydrogen-bond acceptors (Lipinski definition) is 2. The minimum atomic E-state index is -0.0180. The summed E-state index contributed by atoms with van der Waals surface area (Å²) in [6.45, 7) is 8.67. The maximum Gasteiger partial charge on any atom is 0.226 e. The molecule has 3 unspecified atom stereocenters. The highest BCUT2D eigenvalue weighted by atomic mass is 16.2. The number of nitrogens with two attached hydrogens (primary N) is 1. The van der Waals surface area contributed by atoms with Crippen LogP contribution < -0.4 is 5.73 Å². The normalized spacial score (nSPS) is 30.1. The summed E-state index contributed by atoms with van der Waals surface area (Å²) in [5.41, 5.74) is 5.49. The van der Waals surface area contributed by atoms with Gasteiger partial charge < -0.3 is 10.6 Å². The van der Waals surface area contributed by atoms with E-state index in [2.05, 4.69) is 13.8 Å². The molecule has 0 saturated carbocycles. The van der Waals surface area contributed by atoms with Crippen LogP contribution in [0.5, 0.6) is 0 Å². The lowest BCUT2D eigenvalue weighted by Crippen LogP contribution is -2.45. The first-order chi connectivity index (χ1) is 6.56. The molecule has 1 saturated heterocycles. The lowest BCUT2D eigenvalue weighted by atomic mass is 9.88. The van der Waals surface area contributed by atoms with Gasteiger partial charge in [0.25, 0.3) is 0 Å². The van der Waals surface area contributed by atoms with Crippen molar-refractivity contribution >= 4 is 5.91 Å². The Bertz CT molecular complexity index is 205. The number of piperidine rings is 1. The van der Waals surface area contributed by atoms with Crippen LogP contribution in [0.25, 0.3) is 0 Å². The fourth-order valence-corrected chi connectivity index (χ4v) is 1.88. The molecule has 3 atom stereocenters. The highest BCUT2D eigenvalue weighted by molar-refractivity contribution is 5.78. The van der Waals surface area contributed by atoms with E-state index in [1.807, 2.05) is 11.8 Å². The standard InChI is InChI=1S/C11H22N2O/c1-8-4-5-13(7-10(8)3)11(14)9(2)6-12/h8-10H,4-7,12H2,1-3H3. The van der Waals surface area contributed by atoms with Crippen molar-refractivity contribution in [2.45, 2.75) is 27.2 Å². The molecule has 1 fully saturated rings. The van der Waals surface area contributed by atoms with E-state index in [1.165, 1.54) is 0 Å². The zero-order valence-corrected chi connectivity index (χ0v) is 9.49. The highest BCUT2D eigenvalue weighted by Gasteiger charge is 2.27. The summed E-state index contributed by atoms with van der Waals surface area (Å²) in [5.74, 6) is 1.58. The highest BCUT2D eigenvalue weighted by Crippen LogP contribution is 2.23. The van der Waals surface area contributed by atoms with Crippen LogP contribution in [0.2, 0.25) is 0 Å². The molecule has 3 heteroatoms. The predicted octanol–water partition coefficient (Wildman–Crippen LogP) is 1.09. The molecule has 1 rings (SSSR count). The van der Waals surface area contributed by atoms with E-state index in [4.69, 9.17) is 5.73 Å². The molecule has 0 aromatic carbocycles. The van der Waals surface area contributed by atoms with Crippen molar-refractivity contribution in [2.24, 2.45) is 23.5 Å². The van der Waals surface area contributed by atoms with Gasteiger partial charge in [0.1, 0.15) is 0 Å². The molecule has 0 aliphatic carbocycles. The average Bonchev–Trinajstić information content (AvgIpc) is 2.20. The van der Waals surface area contributed by atoms with Crippen molar-refractivity contribution in [1.82, 2.24) is 4.90 Å². The first-order valence-corrected chi connectivity index (χ1v) is 5.55. The zero-order chi connectivity index (χ0) is 10.7. The molecular weight excluding hydrogens is 176 g/mol. The third-order valence-corrected chi connectivity index (χ3v) is 3.42. The summed E-state index contributed by atoms with van der Waals surface area (Å²) in [5, 5.41) is 0. The van der Waals surface area contributed by atoms with E-state index < -0.39 is 0 Å². The Balaban J connectivity index is 2.50. The van der Waals surface area contributed by atoms with Gasteiger partial charge in [0, 0.05) is 25.6 Å². The molecule has 1 heterocycles. The first kappa shape index (κ1) is 11.5. The van der Waals surface area contributed by atoms with Crippen molar-refractivity contribution in [3.8, 4) is 0 Å². The maximum absolute atomic E-state index is 11.8. The van der Waals surface area contributed by atoms with Crippen molar-refractivity contribution in [3.05, 3.63) is 0 Å². The summed E-state index contributed by atoms with van der Waals surface area (Å²) in [7, 11) is 0. The maximum atomic E-state index is 11.8. The van der Waals surface area contributed by atoms with Crippen molar-refractivity contribution < 1.29 is 4.79 Å². The number of amides is 1. The molecule has 1 aliphatic heterocycles. The number of likely N-dealkylation sites (tertiary alicyclic amines) is 1. The number of hydrogen-bond donors (Lipinski definition) is 1. The largest absolute Gasteiger partial charge is 0.342 e. The Morgan fingerprint density at radius 1 is 1.50 bits per heavy atom. The number of rotatable bonds is 2. The van der Waals surface area contributed by atoms with Gasteiger partial charge in [0.15, 0.2) is 0 Å². The van der Waals surface area contributed by atoms with Gasteiger partial charge in [-0.2, -0.15) is 0 Å². The second-order valence-corrected chi connectivity index (χ2v) is 4.66. The molecular formula is C11H22N2O. The van der Waals surface area contributed by atoms with Crippen LogP contribution in [0, 0.1) is 17.8 Å². The average molecular weight is 198 g/mol. The van der Waals surface area contributed by atoms with Crippen LogP contribution in [0.15, 0.2) is 0 Å². The second-order valence-electron chi connectivity index (χ2n) is 4.66. The lowest BCUT2D eigenvalue weighted by Gasteiger charge is -2.36. The molecule has 1 aliphatic rings. The third-order valence-electron chi connectivity index (χ3n) is 3.42. The smallest absolute Gasteiger partial charge is 0.226 e. The van der Waals surface area contributed by atoms with Crippen LogP contribution >= 0.6 is 0 Å². The molecule has 0 spiro atoms. The molecule has 0 bridgehead atoms. The molecule has 3 nitrogen and oxygen atoms in total. The van der Waals surface area contributed by atoms with Crippen molar-refractivity contribution in [3.63, 3.8) is 0 Å². The Kier molecular flexibility index (Phi) is 3.93. The Labute approximate surface area is 86.6 Å². The quantitative estimate of drug-likeness (QED) is 0.722. The number of nitrogens with zero attached hydrogens (tertiary/aromatic N) is 1. The van der Waals surface area contributed by atoms with Crippen LogP contribution in [0.3, 0.4) is 0 Å². The number of carbonyl (C=O) groups is 1. The molecule has 0 aromatic rings. The Morgan fingerprint density at radius 2 is 2.14 bits per heavy atom. The topological polar surface area (TPSA) is 46.3 Å². The minimum Gasteiger partial charge on any atom is -0.342 e. The van der Waals surface area contributed by atoms with Gasteiger partial charge in [-0.3, -0.25) is 4.79 Å². The molecule has 0 radical (unpaired) electrons. The van der Waals surface area contributed by atoms with Crippen LogP contribution in [0.1, 0.15) is 27.2 Å². The van der Waals surface area contributed by atoms with E-state index in [9.17, 15) is 4.79 Å². The zero-order valence-electron chi connectivity index (χ0n) is 9.49. The monoisotopic (exact) mass is 198 g/mol. The van der Waals surface area contributed by atoms with Gasteiger partial charge in [-0.25, -0.2) is 0 Å². The van der Waals surface area contributed by atoms with Gasteiger partial charge >= 0.3 is 0 Å². The molecule has 1 amide bonds. The fraction of sp³-hybridized carbons (Fsp3) is 0.909. The van der Waals surface area contributed by atoms with E-state index >= 15 is 0 Å². The van der Waals surface area contributed by atoms with E-state index in [-0.39, 0.29) is 11.8 Å². The van der Waals surface area contributed by atoms with Crippen molar-refractivity contribution in [2.75, 3.05) is 19.6 Å². The van der Waals surface area contributed by atoms with Gasteiger partial charge in [-0.05, 0) is 18.3 Å². The lowest BCUT2D eigenvalue weighted by molar-refractivity contribution is -0.137. The molecule has 14 heavy (non-hydrogen) atoms. The summed E-state index contributed by atoms with van der Waals surface area (Å²) < 4.78 is 0. The SMILES string of the molecule is CC(CN)C(=O)N1CCC(C)C(C)C1. The molecule has 82 valence electrons. The van der Waals surface area contributed by atoms with E-state index in [0.717, 1.165) is 25.4 Å². The van der Waals surface area contributed by atoms with Crippen LogP contribution in [0.4, 0.5) is 0 Å². The van der Waals surface area contributed by atoms with Gasteiger partial charge in [0.05, 0.1) is 0 Å². The van der Waals surface area contributed by atoms with Gasteiger partial charge in [-0.1, -0.05) is 20.8 Å². The Hall–Kier alpha value is -0.570. The predicted molar refractivity (Wildman–Crippen MR) is 57.7 cm³/mol. The van der Waals surface area contributed by atoms with E-state index in [1.54, 1.807) is 0 Å². The van der Waals surface area contributed by atoms with Crippen LogP contribution in [-0.4, -0.2) is 30.4 Å². The fourth-order valence-electron chi connectivity index (χ4n) is 1.88. The summed E-state index contributed by atoms with van der Waals surface area (Å²) in [4.78, 5) is 13.8. The van der Waals surface area contributed by atoms with Gasteiger partial charge in [0.2, 0.25) is 5.91 Å². The van der Waals surface area contributed by atoms with Gasteiger partial charge in [-0.15, -0.1) is 0 Å². The van der Waals surface area contributed by atoms with Crippen molar-refractivity contribution in [1.29, 1.82) is 0 Å². The summed E-state index contributed by atoms with van der Waals surface area (Å²) in [6, 6.07) is 0. The molecule has 2 N–H and O–H groups in total. The van der Waals surface area contributed by atoms with E-state index in [0.29, 0.717) is 12.5 Å². The second kappa shape index (κ2) is 4.78. The first-order valence-electron chi connectivity index (χ1n) is 5.55. The minimum absolute atomic E-state index is 0.0180. The Morgan fingerprint density at radius 3 is 2.64 bits per heavy atom.